The van der Waals surface area contributed by atoms with E-state index >= 15 is 0 Å². The van der Waals surface area contributed by atoms with Gasteiger partial charge in [-0.05, 0) is 43.2 Å². The minimum Gasteiger partial charge on any atom is -0.464 e. The van der Waals surface area contributed by atoms with E-state index in [4.69, 9.17) is 16.3 Å². The first-order valence-electron chi connectivity index (χ1n) is 10.6. The quantitative estimate of drug-likeness (QED) is 0.570. The average Bonchev–Trinajstić information content (AvgIpc) is 3.15. The van der Waals surface area contributed by atoms with Crippen LogP contribution in [0.3, 0.4) is 0 Å². The van der Waals surface area contributed by atoms with Crippen LogP contribution in [0.5, 0.6) is 0 Å². The van der Waals surface area contributed by atoms with Crippen LogP contribution in [0, 0.1) is 13.8 Å². The van der Waals surface area contributed by atoms with Gasteiger partial charge in [0.2, 0.25) is 5.91 Å². The normalized spacial score (nSPS) is 14.6. The van der Waals surface area contributed by atoms with Crippen LogP contribution in [0.25, 0.3) is 10.9 Å². The lowest BCUT2D eigenvalue weighted by Gasteiger charge is -2.36. The standard InChI is InChI=1S/C24H27ClN4O3/c1-15-6-4-9-19(16(15)2)29-12-10-28(11-13-29)14-20(30)27-22-21-17(25)7-5-8-18(21)26-23(22)24(31)32-3/h4-9,26H,10-14H2,1-3H3,(H,27,30). The topological polar surface area (TPSA) is 77.7 Å². The van der Waals surface area contributed by atoms with Gasteiger partial charge in [0.05, 0.1) is 24.4 Å². The van der Waals surface area contributed by atoms with E-state index in [1.54, 1.807) is 18.2 Å². The number of carbonyl (C=O) groups excluding carboxylic acids is 2. The number of carbonyl (C=O) groups is 2. The number of aromatic amines is 1. The molecule has 7 nitrogen and oxygen atoms in total. The van der Waals surface area contributed by atoms with Gasteiger partial charge in [0.15, 0.2) is 0 Å². The van der Waals surface area contributed by atoms with Crippen molar-refractivity contribution in [3.05, 3.63) is 58.2 Å². The highest BCUT2D eigenvalue weighted by molar-refractivity contribution is 6.37. The summed E-state index contributed by atoms with van der Waals surface area (Å²) in [4.78, 5) is 32.6. The number of nitrogens with one attached hydrogen (secondary N) is 2. The van der Waals surface area contributed by atoms with E-state index in [0.29, 0.717) is 21.6 Å². The summed E-state index contributed by atoms with van der Waals surface area (Å²) >= 11 is 6.36. The second kappa shape index (κ2) is 9.22. The van der Waals surface area contributed by atoms with E-state index < -0.39 is 5.97 Å². The van der Waals surface area contributed by atoms with Crippen LogP contribution < -0.4 is 10.2 Å². The minimum absolute atomic E-state index is 0.184. The van der Waals surface area contributed by atoms with Gasteiger partial charge < -0.3 is 19.9 Å². The smallest absolute Gasteiger partial charge is 0.356 e. The van der Waals surface area contributed by atoms with E-state index in [1.807, 2.05) is 0 Å². The van der Waals surface area contributed by atoms with Crippen molar-refractivity contribution in [2.45, 2.75) is 13.8 Å². The van der Waals surface area contributed by atoms with E-state index in [-0.39, 0.29) is 18.1 Å². The van der Waals surface area contributed by atoms with Crippen LogP contribution in [0.2, 0.25) is 5.02 Å². The molecule has 1 aliphatic rings. The van der Waals surface area contributed by atoms with Crippen molar-refractivity contribution in [1.82, 2.24) is 9.88 Å². The molecular formula is C24H27ClN4O3. The van der Waals surface area contributed by atoms with Gasteiger partial charge in [0.1, 0.15) is 5.69 Å². The first-order chi connectivity index (χ1) is 15.4. The van der Waals surface area contributed by atoms with E-state index in [9.17, 15) is 9.59 Å². The van der Waals surface area contributed by atoms with Crippen molar-refractivity contribution in [3.8, 4) is 0 Å². The van der Waals surface area contributed by atoms with Gasteiger partial charge in [0, 0.05) is 42.8 Å². The maximum Gasteiger partial charge on any atom is 0.356 e. The number of H-pyrrole nitrogens is 1. The summed E-state index contributed by atoms with van der Waals surface area (Å²) in [5.74, 6) is -0.758. The number of piperazine rings is 1. The monoisotopic (exact) mass is 454 g/mol. The first-order valence-corrected chi connectivity index (χ1v) is 11.0. The number of aryl methyl sites for hydroxylation is 1. The van der Waals surface area contributed by atoms with Crippen LogP contribution in [0.4, 0.5) is 11.4 Å². The fraction of sp³-hybridized carbons (Fsp3) is 0.333. The van der Waals surface area contributed by atoms with Crippen molar-refractivity contribution in [1.29, 1.82) is 0 Å². The molecular weight excluding hydrogens is 428 g/mol. The Labute approximate surface area is 192 Å². The number of halogens is 1. The van der Waals surface area contributed by atoms with E-state index in [1.165, 1.54) is 23.9 Å². The lowest BCUT2D eigenvalue weighted by molar-refractivity contribution is -0.117. The average molecular weight is 455 g/mol. The van der Waals surface area contributed by atoms with Gasteiger partial charge in [0.25, 0.3) is 0 Å². The number of ether oxygens (including phenoxy) is 1. The summed E-state index contributed by atoms with van der Waals surface area (Å²) in [6.07, 6.45) is 0. The maximum atomic E-state index is 12.9. The lowest BCUT2D eigenvalue weighted by atomic mass is 10.1. The third kappa shape index (κ3) is 4.31. The van der Waals surface area contributed by atoms with Crippen LogP contribution in [-0.2, 0) is 9.53 Å². The van der Waals surface area contributed by atoms with Crippen molar-refractivity contribution >= 4 is 45.8 Å². The lowest BCUT2D eigenvalue weighted by Crippen LogP contribution is -2.48. The molecule has 0 unspecified atom stereocenters. The molecule has 0 atom stereocenters. The molecule has 32 heavy (non-hydrogen) atoms. The Balaban J connectivity index is 1.44. The summed E-state index contributed by atoms with van der Waals surface area (Å²) in [6, 6.07) is 11.7. The zero-order valence-electron chi connectivity index (χ0n) is 18.5. The number of aromatic nitrogens is 1. The molecule has 0 saturated carbocycles. The third-order valence-electron chi connectivity index (χ3n) is 6.08. The molecule has 168 valence electrons. The summed E-state index contributed by atoms with van der Waals surface area (Å²) in [5.41, 5.74) is 5.04. The molecule has 2 aromatic carbocycles. The fourth-order valence-electron chi connectivity index (χ4n) is 4.19. The van der Waals surface area contributed by atoms with Crippen molar-refractivity contribution < 1.29 is 14.3 Å². The Morgan fingerprint density at radius 3 is 2.53 bits per heavy atom. The Morgan fingerprint density at radius 2 is 1.81 bits per heavy atom. The molecule has 2 N–H and O–H groups in total. The molecule has 0 radical (unpaired) electrons. The number of anilines is 2. The number of fused-ring (bicyclic) bond motifs is 1. The number of rotatable bonds is 5. The van der Waals surface area contributed by atoms with Gasteiger partial charge >= 0.3 is 5.97 Å². The van der Waals surface area contributed by atoms with E-state index in [0.717, 1.165) is 26.2 Å². The predicted octanol–water partition coefficient (Wildman–Crippen LogP) is 3.99. The number of esters is 1. The highest BCUT2D eigenvalue weighted by Crippen LogP contribution is 2.34. The number of hydrogen-bond acceptors (Lipinski definition) is 5. The molecule has 3 aromatic rings. The number of benzene rings is 2. The number of methoxy groups -OCH3 is 1. The number of hydrogen-bond donors (Lipinski definition) is 2. The molecule has 1 aromatic heterocycles. The van der Waals surface area contributed by atoms with Crippen LogP contribution in [0.15, 0.2) is 36.4 Å². The predicted molar refractivity (Wildman–Crippen MR) is 128 cm³/mol. The first kappa shape index (κ1) is 22.2. The van der Waals surface area contributed by atoms with E-state index in [2.05, 4.69) is 52.1 Å². The molecule has 0 bridgehead atoms. The van der Waals surface area contributed by atoms with Crippen molar-refractivity contribution in [3.63, 3.8) is 0 Å². The molecule has 1 amide bonds. The highest BCUT2D eigenvalue weighted by atomic mass is 35.5. The van der Waals surface area contributed by atoms with Gasteiger partial charge in [-0.15, -0.1) is 0 Å². The molecule has 1 fully saturated rings. The summed E-state index contributed by atoms with van der Waals surface area (Å²) in [7, 11) is 1.30. The molecule has 0 aliphatic carbocycles. The zero-order chi connectivity index (χ0) is 22.8. The largest absolute Gasteiger partial charge is 0.464 e. The van der Waals surface area contributed by atoms with Crippen LogP contribution in [0.1, 0.15) is 21.6 Å². The van der Waals surface area contributed by atoms with Gasteiger partial charge in [-0.1, -0.05) is 29.8 Å². The van der Waals surface area contributed by atoms with Crippen LogP contribution in [-0.4, -0.2) is 61.6 Å². The summed E-state index contributed by atoms with van der Waals surface area (Å²) < 4.78 is 4.87. The molecule has 1 saturated heterocycles. The molecule has 1 aliphatic heterocycles. The Bertz CT molecular complexity index is 1170. The molecule has 4 rings (SSSR count). The van der Waals surface area contributed by atoms with Gasteiger partial charge in [-0.25, -0.2) is 4.79 Å². The molecule has 2 heterocycles. The number of nitrogens with zero attached hydrogens (tertiary/aromatic N) is 2. The summed E-state index contributed by atoms with van der Waals surface area (Å²) in [6.45, 7) is 7.76. The second-order valence-electron chi connectivity index (χ2n) is 8.06. The minimum atomic E-state index is -0.560. The number of amides is 1. The molecule has 8 heteroatoms. The van der Waals surface area contributed by atoms with Gasteiger partial charge in [-0.3, -0.25) is 9.69 Å². The third-order valence-corrected chi connectivity index (χ3v) is 6.40. The van der Waals surface area contributed by atoms with Gasteiger partial charge in [-0.2, -0.15) is 0 Å². The van der Waals surface area contributed by atoms with Crippen LogP contribution >= 0.6 is 11.6 Å². The summed E-state index contributed by atoms with van der Waals surface area (Å²) in [5, 5.41) is 3.94. The second-order valence-corrected chi connectivity index (χ2v) is 8.47. The fourth-order valence-corrected chi connectivity index (χ4v) is 4.46. The van der Waals surface area contributed by atoms with Crippen molar-refractivity contribution in [2.75, 3.05) is 50.1 Å². The SMILES string of the molecule is COC(=O)c1[nH]c2cccc(Cl)c2c1NC(=O)CN1CCN(c2cccc(C)c2C)CC1. The van der Waals surface area contributed by atoms with Crippen molar-refractivity contribution in [2.24, 2.45) is 0 Å². The Hall–Kier alpha value is -3.03. The highest BCUT2D eigenvalue weighted by Gasteiger charge is 2.24. The Morgan fingerprint density at radius 1 is 1.09 bits per heavy atom. The molecule has 0 spiro atoms. The Kier molecular flexibility index (Phi) is 6.39. The maximum absolute atomic E-state index is 12.9. The zero-order valence-corrected chi connectivity index (χ0v) is 19.3.